The average Bonchev–Trinajstić information content (AvgIpc) is 2.40. The van der Waals surface area contributed by atoms with Crippen LogP contribution in [0.2, 0.25) is 0 Å². The molecule has 1 N–H and O–H groups in total. The van der Waals surface area contributed by atoms with Crippen LogP contribution in [0.15, 0.2) is 24.5 Å². The van der Waals surface area contributed by atoms with Gasteiger partial charge in [-0.1, -0.05) is 6.07 Å². The Morgan fingerprint density at radius 2 is 2.31 bits per heavy atom. The Hall–Kier alpha value is -0.190. The highest BCUT2D eigenvalue weighted by Crippen LogP contribution is 2.52. The first-order valence-electron chi connectivity index (χ1n) is 6.37. The van der Waals surface area contributed by atoms with Crippen LogP contribution in [0.25, 0.3) is 0 Å². The lowest BCUT2D eigenvalue weighted by atomic mass is 10.1. The van der Waals surface area contributed by atoms with Gasteiger partial charge in [0, 0.05) is 21.7 Å². The number of hydrogen-bond acceptors (Lipinski definition) is 4. The number of aromatic nitrogens is 1. The lowest BCUT2D eigenvalue weighted by Gasteiger charge is -2.36. The van der Waals surface area contributed by atoms with Gasteiger partial charge in [-0.25, -0.2) is 0 Å². The molecule has 1 aliphatic heterocycles. The molecule has 0 aromatic carbocycles. The van der Waals surface area contributed by atoms with Crippen molar-refractivity contribution in [1.29, 1.82) is 0 Å². The lowest BCUT2D eigenvalue weighted by molar-refractivity contribution is 0.282. The van der Waals surface area contributed by atoms with Crippen molar-refractivity contribution < 1.29 is 7.85 Å². The average molecular weight is 257 g/mol. The van der Waals surface area contributed by atoms with Crippen LogP contribution < -0.4 is 0 Å². The van der Waals surface area contributed by atoms with Crippen LogP contribution in [-0.2, 0) is 4.08 Å². The fourth-order valence-electron chi connectivity index (χ4n) is 1.75. The number of thioether (sulfide) groups is 2. The van der Waals surface area contributed by atoms with Crippen molar-refractivity contribution in [2.24, 2.45) is 0 Å². The molecule has 0 bridgehead atoms. The van der Waals surface area contributed by atoms with Gasteiger partial charge in [0.1, 0.15) is 0 Å². The molecule has 1 aromatic heterocycles. The van der Waals surface area contributed by atoms with Gasteiger partial charge in [-0.15, -0.1) is 23.5 Å². The van der Waals surface area contributed by atoms with Gasteiger partial charge < -0.3 is 5.11 Å². The Bertz CT molecular complexity index is 383. The van der Waals surface area contributed by atoms with Crippen LogP contribution in [0, 0.1) is 0 Å². The van der Waals surface area contributed by atoms with E-state index in [-0.39, 0.29) is 4.08 Å². The van der Waals surface area contributed by atoms with Gasteiger partial charge in [-0.3, -0.25) is 4.98 Å². The Morgan fingerprint density at radius 3 is 2.94 bits per heavy atom. The Kier molecular flexibility index (Phi) is 3.64. The molecule has 0 atom stereocenters. The van der Waals surface area contributed by atoms with Crippen LogP contribution in [0.4, 0.5) is 0 Å². The molecular weight excluding hydrogens is 238 g/mol. The van der Waals surface area contributed by atoms with E-state index in [0.29, 0.717) is 6.42 Å². The minimum Gasteiger partial charge on any atom is -0.396 e. The predicted octanol–water partition coefficient (Wildman–Crippen LogP) is 2.88. The molecule has 0 amide bonds. The van der Waals surface area contributed by atoms with Crippen molar-refractivity contribution in [3.63, 3.8) is 0 Å². The maximum Gasteiger partial charge on any atom is 0.0875 e. The highest BCUT2D eigenvalue weighted by atomic mass is 32.2. The van der Waals surface area contributed by atoms with Crippen molar-refractivity contribution in [2.75, 3.05) is 18.1 Å². The van der Waals surface area contributed by atoms with Crippen LogP contribution in [0.5, 0.6) is 0 Å². The smallest absolute Gasteiger partial charge is 0.0875 e. The molecule has 0 aliphatic carbocycles. The molecule has 2 nitrogen and oxygen atoms in total. The van der Waals surface area contributed by atoms with Crippen LogP contribution in [-0.4, -0.2) is 28.2 Å². The molecular formula is C12H17NOS2. The number of nitrogens with zero attached hydrogens (tertiary/aromatic N) is 1. The largest absolute Gasteiger partial charge is 0.396 e. The minimum absolute atomic E-state index is 0.307. The topological polar surface area (TPSA) is 33.1 Å². The molecule has 1 saturated heterocycles. The number of rotatable bonds is 4. The molecule has 88 valence electrons. The number of hydrogen-bond donors (Lipinski definition) is 1. The molecule has 0 unspecified atom stereocenters. The fourth-order valence-corrected chi connectivity index (χ4v) is 4.99. The summed E-state index contributed by atoms with van der Waals surface area (Å²) in [5.41, 5.74) is 1.05. The van der Waals surface area contributed by atoms with E-state index >= 15 is 0 Å². The molecule has 4 heteroatoms. The highest BCUT2D eigenvalue weighted by molar-refractivity contribution is 8.18. The molecule has 1 aliphatic rings. The normalized spacial score (nSPS) is 22.3. The van der Waals surface area contributed by atoms with E-state index in [4.69, 9.17) is 2.74 Å². The second-order valence-electron chi connectivity index (χ2n) is 3.63. The summed E-state index contributed by atoms with van der Waals surface area (Å²) in [5.74, 6) is 2.06. The zero-order valence-corrected chi connectivity index (χ0v) is 10.7. The number of aliphatic hydroxyl groups is 1. The standard InChI is InChI=1S/C12H17NOS2/c14-7-2-5-12(15-8-3-9-16-12)11-4-1-6-13-10-11/h1,4,6,10,14H,2-3,5,7-9H2/i2D2. The summed E-state index contributed by atoms with van der Waals surface area (Å²) >= 11 is 3.56. The Morgan fingerprint density at radius 1 is 1.50 bits per heavy atom. The molecule has 16 heavy (non-hydrogen) atoms. The molecule has 0 spiro atoms. The van der Waals surface area contributed by atoms with Crippen molar-refractivity contribution in [3.8, 4) is 0 Å². The van der Waals surface area contributed by atoms with E-state index in [1.165, 1.54) is 0 Å². The zero-order valence-electron chi connectivity index (χ0n) is 11.1. The maximum absolute atomic E-state index is 9.18. The number of pyridine rings is 1. The van der Waals surface area contributed by atoms with Crippen LogP contribution in [0.1, 0.15) is 27.5 Å². The van der Waals surface area contributed by atoms with Crippen molar-refractivity contribution in [2.45, 2.75) is 23.3 Å². The molecule has 1 fully saturated rings. The Balaban J connectivity index is 2.29. The summed E-state index contributed by atoms with van der Waals surface area (Å²) in [6.07, 6.45) is 3.47. The van der Waals surface area contributed by atoms with E-state index in [9.17, 15) is 5.11 Å². The van der Waals surface area contributed by atoms with E-state index in [1.807, 2.05) is 18.3 Å². The SMILES string of the molecule is [2H]C([2H])(CO)CC1(c2cccnc2)SCCCS1. The predicted molar refractivity (Wildman–Crippen MR) is 71.8 cm³/mol. The molecule has 0 radical (unpaired) electrons. The van der Waals surface area contributed by atoms with Gasteiger partial charge in [0.05, 0.1) is 4.08 Å². The van der Waals surface area contributed by atoms with Gasteiger partial charge in [0.2, 0.25) is 0 Å². The first-order valence-corrected chi connectivity index (χ1v) is 7.34. The zero-order chi connectivity index (χ0) is 13.1. The quantitative estimate of drug-likeness (QED) is 0.899. The van der Waals surface area contributed by atoms with Crippen LogP contribution >= 0.6 is 23.5 Å². The van der Waals surface area contributed by atoms with E-state index in [2.05, 4.69) is 4.98 Å². The third-order valence-electron chi connectivity index (χ3n) is 2.53. The van der Waals surface area contributed by atoms with Gasteiger partial charge in [0.15, 0.2) is 0 Å². The summed E-state index contributed by atoms with van der Waals surface area (Å²) in [7, 11) is 0. The number of aliphatic hydroxyl groups excluding tert-OH is 1. The summed E-state index contributed by atoms with van der Waals surface area (Å²) in [5, 5.41) is 9.18. The summed E-state index contributed by atoms with van der Waals surface area (Å²) in [6.45, 7) is -0.434. The van der Waals surface area contributed by atoms with Gasteiger partial charge in [-0.05, 0) is 42.4 Å². The monoisotopic (exact) mass is 257 g/mol. The third-order valence-corrected chi connectivity index (χ3v) is 5.92. The molecule has 0 saturated carbocycles. The summed E-state index contributed by atoms with van der Waals surface area (Å²) in [4.78, 5) is 4.15. The third kappa shape index (κ3) is 2.73. The van der Waals surface area contributed by atoms with E-state index < -0.39 is 13.0 Å². The van der Waals surface area contributed by atoms with Crippen LogP contribution in [0.3, 0.4) is 0 Å². The highest BCUT2D eigenvalue weighted by Gasteiger charge is 2.35. The first-order chi connectivity index (χ1) is 8.58. The van der Waals surface area contributed by atoms with E-state index in [1.54, 1.807) is 29.7 Å². The Labute approximate surface area is 108 Å². The van der Waals surface area contributed by atoms with Gasteiger partial charge >= 0.3 is 0 Å². The van der Waals surface area contributed by atoms with Crippen molar-refractivity contribution in [1.82, 2.24) is 4.98 Å². The van der Waals surface area contributed by atoms with Gasteiger partial charge in [0.25, 0.3) is 0 Å². The molecule has 2 rings (SSSR count). The fraction of sp³-hybridized carbons (Fsp3) is 0.583. The first kappa shape index (κ1) is 9.80. The van der Waals surface area contributed by atoms with Gasteiger partial charge in [-0.2, -0.15) is 0 Å². The second kappa shape index (κ2) is 5.94. The minimum atomic E-state index is -1.55. The van der Waals surface area contributed by atoms with E-state index in [0.717, 1.165) is 23.5 Å². The van der Waals surface area contributed by atoms with Crippen molar-refractivity contribution in [3.05, 3.63) is 30.1 Å². The van der Waals surface area contributed by atoms with Crippen molar-refractivity contribution >= 4 is 23.5 Å². The summed E-state index contributed by atoms with van der Waals surface area (Å²) < 4.78 is 15.4. The summed E-state index contributed by atoms with van der Waals surface area (Å²) in [6, 6.07) is 3.90. The molecule has 2 heterocycles. The lowest BCUT2D eigenvalue weighted by Crippen LogP contribution is -2.23. The molecule has 1 aromatic rings. The second-order valence-corrected chi connectivity index (χ2v) is 6.68. The maximum atomic E-state index is 9.18.